The first-order valence-corrected chi connectivity index (χ1v) is 6.66. The topological polar surface area (TPSA) is 90.3 Å². The number of pyridine rings is 1. The van der Waals surface area contributed by atoms with Crippen molar-refractivity contribution >= 4 is 5.82 Å². The van der Waals surface area contributed by atoms with Gasteiger partial charge in [0, 0.05) is 13.1 Å². The molecule has 0 aliphatic carbocycles. The zero-order valence-electron chi connectivity index (χ0n) is 11.3. The molecule has 3 rings (SSSR count). The lowest BCUT2D eigenvalue weighted by atomic mass is 10.2. The summed E-state index contributed by atoms with van der Waals surface area (Å²) in [4.78, 5) is 10.8. The summed E-state index contributed by atoms with van der Waals surface area (Å²) in [6.45, 7) is 5.51. The van der Waals surface area contributed by atoms with Crippen LogP contribution >= 0.6 is 0 Å². The minimum Gasteiger partial charge on any atom is -0.384 e. The molecule has 2 N–H and O–H groups in total. The summed E-state index contributed by atoms with van der Waals surface area (Å²) < 4.78 is 10.9. The van der Waals surface area contributed by atoms with Crippen LogP contribution < -0.4 is 5.73 Å². The summed E-state index contributed by atoms with van der Waals surface area (Å²) in [5, 5.41) is 4.00. The van der Waals surface area contributed by atoms with E-state index in [9.17, 15) is 0 Å². The van der Waals surface area contributed by atoms with E-state index in [0.717, 1.165) is 19.6 Å². The molecule has 3 heterocycles. The first-order chi connectivity index (χ1) is 9.76. The highest BCUT2D eigenvalue weighted by Gasteiger charge is 2.25. The molecular formula is C13H17N5O2. The van der Waals surface area contributed by atoms with E-state index < -0.39 is 0 Å². The maximum Gasteiger partial charge on any atom is 0.276 e. The predicted molar refractivity (Wildman–Crippen MR) is 72.7 cm³/mol. The van der Waals surface area contributed by atoms with E-state index in [4.69, 9.17) is 15.0 Å². The Morgan fingerprint density at radius 3 is 3.10 bits per heavy atom. The number of morpholine rings is 1. The van der Waals surface area contributed by atoms with E-state index >= 15 is 0 Å². The van der Waals surface area contributed by atoms with Gasteiger partial charge in [-0.05, 0) is 18.7 Å². The summed E-state index contributed by atoms with van der Waals surface area (Å²) in [5.41, 5.74) is 6.23. The summed E-state index contributed by atoms with van der Waals surface area (Å²) >= 11 is 0. The van der Waals surface area contributed by atoms with Crippen molar-refractivity contribution in [2.75, 3.05) is 32.0 Å². The molecule has 20 heavy (non-hydrogen) atoms. The van der Waals surface area contributed by atoms with Gasteiger partial charge in [-0.2, -0.15) is 4.98 Å². The Bertz CT molecular complexity index is 586. The molecule has 0 bridgehead atoms. The number of aromatic nitrogens is 3. The van der Waals surface area contributed by atoms with E-state index in [2.05, 4.69) is 26.9 Å². The summed E-state index contributed by atoms with van der Waals surface area (Å²) in [6, 6.07) is 5.30. The zero-order chi connectivity index (χ0) is 13.9. The Morgan fingerprint density at radius 1 is 1.40 bits per heavy atom. The lowest BCUT2D eigenvalue weighted by molar-refractivity contribution is -0.0334. The fraction of sp³-hybridized carbons (Fsp3) is 0.462. The van der Waals surface area contributed by atoms with E-state index in [1.807, 2.05) is 0 Å². The third kappa shape index (κ3) is 2.63. The fourth-order valence-corrected chi connectivity index (χ4v) is 2.19. The van der Waals surface area contributed by atoms with Crippen molar-refractivity contribution in [2.45, 2.75) is 13.0 Å². The van der Waals surface area contributed by atoms with Gasteiger partial charge in [0.05, 0.1) is 6.61 Å². The maximum absolute atomic E-state index is 5.70. The number of nitrogens with two attached hydrogens (primary N) is 1. The molecule has 1 saturated heterocycles. The van der Waals surface area contributed by atoms with Crippen molar-refractivity contribution in [1.82, 2.24) is 20.0 Å². The predicted octanol–water partition coefficient (Wildman–Crippen LogP) is 1.11. The van der Waals surface area contributed by atoms with Crippen molar-refractivity contribution in [2.24, 2.45) is 0 Å². The summed E-state index contributed by atoms with van der Waals surface area (Å²) in [5.74, 6) is 1.35. The molecule has 2 aromatic rings. The molecule has 0 spiro atoms. The van der Waals surface area contributed by atoms with E-state index in [1.165, 1.54) is 0 Å². The summed E-state index contributed by atoms with van der Waals surface area (Å²) in [7, 11) is 0. The average Bonchev–Trinajstić information content (AvgIpc) is 2.97. The van der Waals surface area contributed by atoms with E-state index in [1.54, 1.807) is 18.2 Å². The number of ether oxygens (including phenoxy) is 1. The monoisotopic (exact) mass is 275 g/mol. The molecule has 0 aromatic carbocycles. The second-order valence-corrected chi connectivity index (χ2v) is 4.66. The van der Waals surface area contributed by atoms with Crippen molar-refractivity contribution in [3.63, 3.8) is 0 Å². The Balaban J connectivity index is 1.80. The molecule has 0 saturated carbocycles. The quantitative estimate of drug-likeness (QED) is 0.897. The van der Waals surface area contributed by atoms with Crippen LogP contribution in [0.4, 0.5) is 5.82 Å². The number of nitrogen functional groups attached to an aromatic ring is 1. The van der Waals surface area contributed by atoms with Crippen LogP contribution in [0, 0.1) is 0 Å². The minimum absolute atomic E-state index is 0.151. The van der Waals surface area contributed by atoms with Crippen LogP contribution in [-0.4, -0.2) is 46.3 Å². The lowest BCUT2D eigenvalue weighted by Gasteiger charge is -2.30. The molecule has 1 aliphatic heterocycles. The first kappa shape index (κ1) is 13.0. The largest absolute Gasteiger partial charge is 0.384 e. The zero-order valence-corrected chi connectivity index (χ0v) is 11.3. The van der Waals surface area contributed by atoms with Crippen molar-refractivity contribution in [3.05, 3.63) is 24.0 Å². The van der Waals surface area contributed by atoms with E-state index in [0.29, 0.717) is 29.8 Å². The Kier molecular flexibility index (Phi) is 3.62. The molecule has 1 unspecified atom stereocenters. The lowest BCUT2D eigenvalue weighted by Crippen LogP contribution is -2.38. The van der Waals surface area contributed by atoms with Crippen molar-refractivity contribution < 1.29 is 9.26 Å². The molecule has 0 radical (unpaired) electrons. The Hall–Kier alpha value is -1.99. The Labute approximate surface area is 116 Å². The van der Waals surface area contributed by atoms with Gasteiger partial charge in [-0.3, -0.25) is 4.90 Å². The highest BCUT2D eigenvalue weighted by Crippen LogP contribution is 2.22. The third-order valence-electron chi connectivity index (χ3n) is 3.32. The highest BCUT2D eigenvalue weighted by atomic mass is 16.5. The van der Waals surface area contributed by atoms with Crippen LogP contribution in [0.3, 0.4) is 0 Å². The van der Waals surface area contributed by atoms with Crippen LogP contribution in [0.2, 0.25) is 0 Å². The molecule has 2 aromatic heterocycles. The molecule has 1 fully saturated rings. The molecule has 7 heteroatoms. The fourth-order valence-electron chi connectivity index (χ4n) is 2.19. The van der Waals surface area contributed by atoms with Crippen molar-refractivity contribution in [3.8, 4) is 11.6 Å². The maximum atomic E-state index is 5.70. The van der Waals surface area contributed by atoms with Crippen LogP contribution in [0.15, 0.2) is 22.7 Å². The molecule has 1 aliphatic rings. The van der Waals surface area contributed by atoms with Gasteiger partial charge >= 0.3 is 0 Å². The van der Waals surface area contributed by atoms with Gasteiger partial charge in [-0.15, -0.1) is 0 Å². The van der Waals surface area contributed by atoms with Gasteiger partial charge in [0.1, 0.15) is 17.6 Å². The highest BCUT2D eigenvalue weighted by molar-refractivity contribution is 5.49. The number of hydrogen-bond acceptors (Lipinski definition) is 7. The van der Waals surface area contributed by atoms with Gasteiger partial charge < -0.3 is 15.0 Å². The number of hydrogen-bond donors (Lipinski definition) is 1. The normalized spacial score (nSPS) is 20.1. The van der Waals surface area contributed by atoms with Gasteiger partial charge in [-0.1, -0.05) is 18.1 Å². The van der Waals surface area contributed by atoms with Gasteiger partial charge in [-0.25, -0.2) is 4.98 Å². The van der Waals surface area contributed by atoms with Gasteiger partial charge in [0.25, 0.3) is 5.89 Å². The van der Waals surface area contributed by atoms with Crippen LogP contribution in [0.25, 0.3) is 11.6 Å². The summed E-state index contributed by atoms with van der Waals surface area (Å²) in [6.07, 6.45) is -0.151. The molecular weight excluding hydrogens is 258 g/mol. The first-order valence-electron chi connectivity index (χ1n) is 6.66. The molecule has 106 valence electrons. The molecule has 1 atom stereocenters. The van der Waals surface area contributed by atoms with Gasteiger partial charge in [0.15, 0.2) is 0 Å². The van der Waals surface area contributed by atoms with Crippen molar-refractivity contribution in [1.29, 1.82) is 0 Å². The van der Waals surface area contributed by atoms with Crippen LogP contribution in [0.5, 0.6) is 0 Å². The minimum atomic E-state index is -0.151. The van der Waals surface area contributed by atoms with Gasteiger partial charge in [0.2, 0.25) is 5.82 Å². The average molecular weight is 275 g/mol. The second kappa shape index (κ2) is 5.56. The van der Waals surface area contributed by atoms with Crippen LogP contribution in [0.1, 0.15) is 18.9 Å². The number of nitrogens with zero attached hydrogens (tertiary/aromatic N) is 4. The molecule has 0 amide bonds. The Morgan fingerprint density at radius 2 is 2.30 bits per heavy atom. The smallest absolute Gasteiger partial charge is 0.276 e. The SMILES string of the molecule is CCN1CCOC(c2noc(-c3cccc(N)n3)n2)C1. The number of anilines is 1. The second-order valence-electron chi connectivity index (χ2n) is 4.66. The van der Waals surface area contributed by atoms with Crippen LogP contribution in [-0.2, 0) is 4.74 Å². The number of likely N-dealkylation sites (N-methyl/N-ethyl adjacent to an activating group) is 1. The third-order valence-corrected chi connectivity index (χ3v) is 3.32. The standard InChI is InChI=1S/C13H17N5O2/c1-2-18-6-7-19-10(8-18)12-16-13(20-17-12)9-4-3-5-11(14)15-9/h3-5,10H,2,6-8H2,1H3,(H2,14,15). The van der Waals surface area contributed by atoms with E-state index in [-0.39, 0.29) is 6.10 Å². The number of rotatable bonds is 3. The molecule has 7 nitrogen and oxygen atoms in total.